The normalized spacial score (nSPS) is 21.7. The van der Waals surface area contributed by atoms with Crippen LogP contribution in [-0.2, 0) is 49.3 Å². The average molecular weight is 637 g/mol. The summed E-state index contributed by atoms with van der Waals surface area (Å²) in [7, 11) is 0. The second-order valence-electron chi connectivity index (χ2n) is 9.09. The number of phenols is 1. The summed E-state index contributed by atoms with van der Waals surface area (Å²) in [5.41, 5.74) is 0.789. The molecule has 41 heavy (non-hydrogen) atoms. The third kappa shape index (κ3) is 9.02. The summed E-state index contributed by atoms with van der Waals surface area (Å²) in [6.07, 6.45) is -6.86. The van der Waals surface area contributed by atoms with Crippen molar-refractivity contribution in [1.82, 2.24) is 0 Å². The molecule has 220 valence electrons. The Hall–Kier alpha value is -3.97. The number of carbonyl (C=O) groups is 5. The Morgan fingerprint density at radius 1 is 0.805 bits per heavy atom. The van der Waals surface area contributed by atoms with Gasteiger partial charge in [0.25, 0.3) is 0 Å². The largest absolute Gasteiger partial charge is 0.507 e. The van der Waals surface area contributed by atoms with E-state index < -0.39 is 61.2 Å². The van der Waals surface area contributed by atoms with Crippen LogP contribution >= 0.6 is 15.9 Å². The lowest BCUT2D eigenvalue weighted by molar-refractivity contribution is -0.288. The number of hydrogen-bond acceptors (Lipinski definition) is 12. The maximum absolute atomic E-state index is 12.8. The van der Waals surface area contributed by atoms with E-state index in [0.717, 1.165) is 37.7 Å². The lowest BCUT2D eigenvalue weighted by Gasteiger charge is -2.43. The van der Waals surface area contributed by atoms with E-state index in [1.807, 2.05) is 0 Å². The molecule has 0 aromatic heterocycles. The van der Waals surface area contributed by atoms with E-state index in [4.69, 9.17) is 28.4 Å². The molecule has 13 heteroatoms. The van der Waals surface area contributed by atoms with Gasteiger partial charge in [-0.05, 0) is 29.8 Å². The van der Waals surface area contributed by atoms with Crippen molar-refractivity contribution in [3.05, 3.63) is 58.1 Å². The molecule has 1 N–H and O–H groups in total. The molecule has 5 atom stereocenters. The van der Waals surface area contributed by atoms with Crippen LogP contribution in [-0.4, -0.2) is 72.1 Å². The van der Waals surface area contributed by atoms with Crippen LogP contribution in [0.15, 0.2) is 46.9 Å². The van der Waals surface area contributed by atoms with Gasteiger partial charge in [-0.1, -0.05) is 28.1 Å². The van der Waals surface area contributed by atoms with Crippen molar-refractivity contribution < 1.29 is 57.5 Å². The first-order valence-electron chi connectivity index (χ1n) is 12.4. The van der Waals surface area contributed by atoms with Crippen LogP contribution in [0, 0.1) is 0 Å². The van der Waals surface area contributed by atoms with Gasteiger partial charge in [0.05, 0.1) is 5.56 Å². The highest BCUT2D eigenvalue weighted by atomic mass is 79.9. The molecule has 0 aliphatic carbocycles. The van der Waals surface area contributed by atoms with Crippen molar-refractivity contribution in [3.63, 3.8) is 0 Å². The van der Waals surface area contributed by atoms with E-state index in [-0.39, 0.29) is 29.3 Å². The first-order valence-corrected chi connectivity index (χ1v) is 13.2. The van der Waals surface area contributed by atoms with Gasteiger partial charge < -0.3 is 33.5 Å². The summed E-state index contributed by atoms with van der Waals surface area (Å²) in [5, 5.41) is 10.6. The number of Topliss-reactive ketones (excluding diaryl/α,β-unsaturated/α-hetero) is 1. The molecule has 3 rings (SSSR count). The zero-order valence-electron chi connectivity index (χ0n) is 22.7. The standard InChI is InChI=1S/C28H29BrO12/c1-14(30)36-13-24-25(37-15(2)31)26(38-16(3)32)27(39-17(4)33)28(41-24)40-20-9-10-21(23(35)12-20)22(34)11-18-5-7-19(29)8-6-18/h5-10,12,24-28,35H,11,13H2,1-4H3/t24-,25-,26-,27+,28-/m1/s1. The molecule has 0 radical (unpaired) electrons. The maximum atomic E-state index is 12.8. The Kier molecular flexibility index (Phi) is 10.8. The Bertz CT molecular complexity index is 1290. The molecule has 12 nitrogen and oxygen atoms in total. The van der Waals surface area contributed by atoms with Gasteiger partial charge in [0.15, 0.2) is 18.0 Å². The van der Waals surface area contributed by atoms with Crippen LogP contribution in [0.3, 0.4) is 0 Å². The minimum absolute atomic E-state index is 0.00333. The molecule has 2 aromatic rings. The number of ketones is 1. The predicted octanol–water partition coefficient (Wildman–Crippen LogP) is 3.04. The lowest BCUT2D eigenvalue weighted by atomic mass is 9.98. The van der Waals surface area contributed by atoms with Crippen molar-refractivity contribution in [3.8, 4) is 11.5 Å². The fourth-order valence-electron chi connectivity index (χ4n) is 4.12. The fourth-order valence-corrected chi connectivity index (χ4v) is 4.39. The van der Waals surface area contributed by atoms with Gasteiger partial charge >= 0.3 is 23.9 Å². The minimum atomic E-state index is -1.49. The molecule has 1 aliphatic rings. The summed E-state index contributed by atoms with van der Waals surface area (Å²) in [6.45, 7) is 4.05. The SMILES string of the molecule is CC(=O)OC[C@H]1O[C@@H](Oc2ccc(C(=O)Cc3ccc(Br)cc3)c(O)c2)[C@@H](OC(C)=O)[C@H](OC(C)=O)[C@@H]1OC(C)=O. The number of esters is 4. The molecule has 1 saturated heterocycles. The predicted molar refractivity (Wildman–Crippen MR) is 143 cm³/mol. The number of carbonyl (C=O) groups excluding carboxylic acids is 5. The van der Waals surface area contributed by atoms with Crippen LogP contribution in [0.2, 0.25) is 0 Å². The van der Waals surface area contributed by atoms with Gasteiger partial charge in [-0.25, -0.2) is 0 Å². The van der Waals surface area contributed by atoms with Crippen molar-refractivity contribution in [2.45, 2.75) is 64.8 Å². The molecule has 1 aliphatic heterocycles. The van der Waals surface area contributed by atoms with Crippen LogP contribution in [0.4, 0.5) is 0 Å². The fraction of sp³-hybridized carbons (Fsp3) is 0.393. The molecule has 1 fully saturated rings. The molecule has 0 unspecified atom stereocenters. The number of aromatic hydroxyl groups is 1. The Balaban J connectivity index is 1.90. The van der Waals surface area contributed by atoms with Crippen LogP contribution in [0.1, 0.15) is 43.6 Å². The number of benzene rings is 2. The number of halogens is 1. The van der Waals surface area contributed by atoms with Crippen LogP contribution < -0.4 is 4.74 Å². The summed E-state index contributed by atoms with van der Waals surface area (Å²) < 4.78 is 33.7. The highest BCUT2D eigenvalue weighted by Gasteiger charge is 2.53. The zero-order chi connectivity index (χ0) is 30.3. The second kappa shape index (κ2) is 14.1. The van der Waals surface area contributed by atoms with Crippen LogP contribution in [0.5, 0.6) is 11.5 Å². The Morgan fingerprint density at radius 3 is 1.95 bits per heavy atom. The quantitative estimate of drug-likeness (QED) is 0.231. The first kappa shape index (κ1) is 31.6. The van der Waals surface area contributed by atoms with E-state index in [1.165, 1.54) is 18.2 Å². The molecular formula is C28H29BrO12. The first-order chi connectivity index (χ1) is 19.3. The lowest BCUT2D eigenvalue weighted by Crippen LogP contribution is -2.63. The van der Waals surface area contributed by atoms with Gasteiger partial charge in [-0.2, -0.15) is 0 Å². The topological polar surface area (TPSA) is 161 Å². The second-order valence-corrected chi connectivity index (χ2v) is 10.0. The molecule has 0 bridgehead atoms. The highest BCUT2D eigenvalue weighted by Crippen LogP contribution is 2.33. The van der Waals surface area contributed by atoms with Crippen molar-refractivity contribution in [2.75, 3.05) is 6.61 Å². The third-order valence-corrected chi connectivity index (χ3v) is 6.28. The van der Waals surface area contributed by atoms with Gasteiger partial charge in [0, 0.05) is 44.7 Å². The van der Waals surface area contributed by atoms with Crippen molar-refractivity contribution in [1.29, 1.82) is 0 Å². The molecule has 0 saturated carbocycles. The van der Waals surface area contributed by atoms with Gasteiger partial charge in [-0.3, -0.25) is 24.0 Å². The Morgan fingerprint density at radius 2 is 1.39 bits per heavy atom. The highest BCUT2D eigenvalue weighted by molar-refractivity contribution is 9.10. The number of ether oxygens (including phenoxy) is 6. The van der Waals surface area contributed by atoms with E-state index in [9.17, 15) is 29.1 Å². The summed E-state index contributed by atoms with van der Waals surface area (Å²) >= 11 is 3.34. The van der Waals surface area contributed by atoms with E-state index in [0.29, 0.717) is 0 Å². The third-order valence-electron chi connectivity index (χ3n) is 5.75. The summed E-state index contributed by atoms with van der Waals surface area (Å²) in [5.74, 6) is -3.73. The molecular weight excluding hydrogens is 608 g/mol. The van der Waals surface area contributed by atoms with Crippen molar-refractivity contribution >= 4 is 45.6 Å². The molecule has 0 amide bonds. The summed E-state index contributed by atoms with van der Waals surface area (Å²) in [6, 6.07) is 11.1. The van der Waals surface area contributed by atoms with Gasteiger partial charge in [0.1, 0.15) is 24.2 Å². The summed E-state index contributed by atoms with van der Waals surface area (Å²) in [4.78, 5) is 60.1. The van der Waals surface area contributed by atoms with Gasteiger partial charge in [0.2, 0.25) is 12.4 Å². The average Bonchev–Trinajstić information content (AvgIpc) is 2.87. The smallest absolute Gasteiger partial charge is 0.303 e. The molecule has 0 spiro atoms. The van der Waals surface area contributed by atoms with Gasteiger partial charge in [-0.15, -0.1) is 0 Å². The van der Waals surface area contributed by atoms with E-state index >= 15 is 0 Å². The number of phenolic OH excluding ortho intramolecular Hbond substituents is 1. The molecule has 2 aromatic carbocycles. The monoisotopic (exact) mass is 636 g/mol. The van der Waals surface area contributed by atoms with Crippen molar-refractivity contribution in [2.24, 2.45) is 0 Å². The maximum Gasteiger partial charge on any atom is 0.303 e. The van der Waals surface area contributed by atoms with E-state index in [1.54, 1.807) is 24.3 Å². The number of hydrogen-bond donors (Lipinski definition) is 1. The number of rotatable bonds is 10. The Labute approximate surface area is 243 Å². The molecule has 1 heterocycles. The minimum Gasteiger partial charge on any atom is -0.507 e. The van der Waals surface area contributed by atoms with E-state index in [2.05, 4.69) is 15.9 Å². The van der Waals surface area contributed by atoms with Crippen LogP contribution in [0.25, 0.3) is 0 Å². The zero-order valence-corrected chi connectivity index (χ0v) is 24.2.